The molecule has 0 spiro atoms. The third kappa shape index (κ3) is 5.48. The molecular weight excluding hydrogens is 506 g/mol. The predicted octanol–water partition coefficient (Wildman–Crippen LogP) is 6.16. The van der Waals surface area contributed by atoms with Crippen molar-refractivity contribution in [1.82, 2.24) is 4.90 Å². The van der Waals surface area contributed by atoms with Crippen LogP contribution in [0.1, 0.15) is 43.0 Å². The van der Waals surface area contributed by atoms with Crippen molar-refractivity contribution in [2.75, 3.05) is 20.3 Å². The lowest BCUT2D eigenvalue weighted by atomic mass is 9.95. The molecule has 0 radical (unpaired) electrons. The number of halogens is 1. The van der Waals surface area contributed by atoms with Gasteiger partial charge in [-0.05, 0) is 54.8 Å². The van der Waals surface area contributed by atoms with Gasteiger partial charge in [-0.1, -0.05) is 54.9 Å². The molecule has 1 amide bonds. The van der Waals surface area contributed by atoms with Crippen LogP contribution in [-0.4, -0.2) is 42.0 Å². The zero-order valence-corrected chi connectivity index (χ0v) is 22.3. The van der Waals surface area contributed by atoms with E-state index in [1.165, 1.54) is 12.0 Å². The molecule has 1 heterocycles. The first kappa shape index (κ1) is 27.1. The Labute approximate surface area is 227 Å². The van der Waals surface area contributed by atoms with Crippen LogP contribution in [0, 0.1) is 0 Å². The van der Waals surface area contributed by atoms with Crippen molar-refractivity contribution in [3.8, 4) is 17.2 Å². The van der Waals surface area contributed by atoms with Gasteiger partial charge in [-0.2, -0.15) is 0 Å². The van der Waals surface area contributed by atoms with E-state index in [2.05, 4.69) is 0 Å². The van der Waals surface area contributed by atoms with Crippen LogP contribution in [0.5, 0.6) is 17.2 Å². The second kappa shape index (κ2) is 12.0. The van der Waals surface area contributed by atoms with Crippen LogP contribution in [0.3, 0.4) is 0 Å². The molecule has 3 aromatic rings. The number of rotatable bonds is 10. The number of aliphatic hydroxyl groups excluding tert-OH is 1. The van der Waals surface area contributed by atoms with Gasteiger partial charge >= 0.3 is 0 Å². The lowest BCUT2D eigenvalue weighted by Crippen LogP contribution is -2.30. The normalized spacial score (nSPS) is 16.5. The Kier molecular flexibility index (Phi) is 8.59. The number of aliphatic hydroxyl groups is 1. The van der Waals surface area contributed by atoms with Gasteiger partial charge in [0.2, 0.25) is 0 Å². The number of benzene rings is 3. The van der Waals surface area contributed by atoms with E-state index in [-0.39, 0.29) is 11.3 Å². The van der Waals surface area contributed by atoms with E-state index in [9.17, 15) is 14.7 Å². The second-order valence-electron chi connectivity index (χ2n) is 8.76. The van der Waals surface area contributed by atoms with Gasteiger partial charge in [-0.25, -0.2) is 0 Å². The maximum atomic E-state index is 13.2. The highest BCUT2D eigenvalue weighted by Gasteiger charge is 2.46. The highest BCUT2D eigenvalue weighted by molar-refractivity contribution is 6.46. The van der Waals surface area contributed by atoms with Crippen LogP contribution in [-0.2, 0) is 16.2 Å². The maximum Gasteiger partial charge on any atom is 0.295 e. The summed E-state index contributed by atoms with van der Waals surface area (Å²) < 4.78 is 17.1. The molecule has 38 heavy (non-hydrogen) atoms. The number of carbonyl (C=O) groups excluding carboxylic acids is 2. The van der Waals surface area contributed by atoms with Gasteiger partial charge in [0.25, 0.3) is 11.7 Å². The standard InChI is InChI=1S/C30H30ClNO6/c1-4-15-32-27(20-12-14-23(25(16-20)36-3)38-18-19-9-7-6-8-10-19)26(29(34)30(32)35)28(33)21-11-13-22(31)24(17-21)37-5-2/h6-14,16-17,27,33H,4-5,15,18H2,1-3H3/b28-26-. The smallest absolute Gasteiger partial charge is 0.295 e. The number of Topliss-reactive ketones (excluding diaryl/α,β-unsaturated/α-hetero) is 1. The Hall–Kier alpha value is -3.97. The summed E-state index contributed by atoms with van der Waals surface area (Å²) in [7, 11) is 1.53. The molecule has 4 rings (SSSR count). The van der Waals surface area contributed by atoms with Gasteiger partial charge in [0.1, 0.15) is 18.1 Å². The molecule has 0 saturated carbocycles. The van der Waals surface area contributed by atoms with Crippen molar-refractivity contribution in [3.63, 3.8) is 0 Å². The van der Waals surface area contributed by atoms with Gasteiger partial charge in [0, 0.05) is 12.1 Å². The SMILES string of the molecule is CCCN1C(=O)C(=O)/C(=C(\O)c2ccc(Cl)c(OCC)c2)C1c1ccc(OCc2ccccc2)c(OC)c1. The average molecular weight is 536 g/mol. The summed E-state index contributed by atoms with van der Waals surface area (Å²) in [5.74, 6) is -0.373. The quantitative estimate of drug-likeness (QED) is 0.190. The molecular formula is C30H30ClNO6. The van der Waals surface area contributed by atoms with E-state index in [1.807, 2.05) is 44.2 Å². The summed E-state index contributed by atoms with van der Waals surface area (Å²) in [6.07, 6.45) is 0.633. The Balaban J connectivity index is 1.76. The van der Waals surface area contributed by atoms with Crippen LogP contribution >= 0.6 is 11.6 Å². The van der Waals surface area contributed by atoms with E-state index in [0.29, 0.717) is 59.6 Å². The number of likely N-dealkylation sites (tertiary alicyclic amines) is 1. The Bertz CT molecular complexity index is 1350. The second-order valence-corrected chi connectivity index (χ2v) is 9.16. The summed E-state index contributed by atoms with van der Waals surface area (Å²) in [6.45, 7) is 4.81. The minimum Gasteiger partial charge on any atom is -0.507 e. The molecule has 0 aliphatic carbocycles. The summed E-state index contributed by atoms with van der Waals surface area (Å²) >= 11 is 6.22. The van der Waals surface area contributed by atoms with Crippen molar-refractivity contribution in [1.29, 1.82) is 0 Å². The van der Waals surface area contributed by atoms with Crippen LogP contribution in [0.15, 0.2) is 72.3 Å². The van der Waals surface area contributed by atoms with Crippen molar-refractivity contribution < 1.29 is 28.9 Å². The lowest BCUT2D eigenvalue weighted by molar-refractivity contribution is -0.139. The van der Waals surface area contributed by atoms with Crippen LogP contribution in [0.2, 0.25) is 5.02 Å². The molecule has 1 N–H and O–H groups in total. The third-order valence-corrected chi connectivity index (χ3v) is 6.56. The van der Waals surface area contributed by atoms with Crippen LogP contribution in [0.4, 0.5) is 0 Å². The number of ketones is 1. The highest BCUT2D eigenvalue weighted by Crippen LogP contribution is 2.42. The number of nitrogens with zero attached hydrogens (tertiary/aromatic N) is 1. The highest BCUT2D eigenvalue weighted by atomic mass is 35.5. The molecule has 1 aliphatic heterocycles. The van der Waals surface area contributed by atoms with Gasteiger partial charge in [-0.15, -0.1) is 0 Å². The van der Waals surface area contributed by atoms with Crippen LogP contribution < -0.4 is 14.2 Å². The molecule has 3 aromatic carbocycles. The number of hydrogen-bond donors (Lipinski definition) is 1. The van der Waals surface area contributed by atoms with Gasteiger partial charge in [0.15, 0.2) is 11.5 Å². The predicted molar refractivity (Wildman–Crippen MR) is 146 cm³/mol. The Morgan fingerprint density at radius 2 is 1.71 bits per heavy atom. The fraction of sp³-hybridized carbons (Fsp3) is 0.267. The van der Waals surface area contributed by atoms with E-state index in [0.717, 1.165) is 5.56 Å². The number of amides is 1. The lowest BCUT2D eigenvalue weighted by Gasteiger charge is -2.25. The molecule has 0 aromatic heterocycles. The number of carbonyl (C=O) groups is 2. The molecule has 1 atom stereocenters. The number of methoxy groups -OCH3 is 1. The summed E-state index contributed by atoms with van der Waals surface area (Å²) in [4.78, 5) is 27.8. The minimum absolute atomic E-state index is 0.00627. The van der Waals surface area contributed by atoms with Crippen molar-refractivity contribution in [3.05, 3.63) is 94.0 Å². The molecule has 1 saturated heterocycles. The van der Waals surface area contributed by atoms with Crippen LogP contribution in [0.25, 0.3) is 5.76 Å². The van der Waals surface area contributed by atoms with E-state index >= 15 is 0 Å². The van der Waals surface area contributed by atoms with E-state index in [4.69, 9.17) is 25.8 Å². The van der Waals surface area contributed by atoms with E-state index in [1.54, 1.807) is 36.4 Å². The topological polar surface area (TPSA) is 85.3 Å². The average Bonchev–Trinajstić information content (AvgIpc) is 3.18. The first-order valence-electron chi connectivity index (χ1n) is 12.4. The summed E-state index contributed by atoms with van der Waals surface area (Å²) in [6, 6.07) is 18.9. The van der Waals surface area contributed by atoms with Crippen molar-refractivity contribution in [2.45, 2.75) is 32.9 Å². The third-order valence-electron chi connectivity index (χ3n) is 6.25. The maximum absolute atomic E-state index is 13.2. The monoisotopic (exact) mass is 535 g/mol. The Morgan fingerprint density at radius 1 is 0.947 bits per heavy atom. The largest absolute Gasteiger partial charge is 0.507 e. The van der Waals surface area contributed by atoms with Gasteiger partial charge in [-0.3, -0.25) is 9.59 Å². The fourth-order valence-electron chi connectivity index (χ4n) is 4.48. The van der Waals surface area contributed by atoms with Crippen molar-refractivity contribution >= 4 is 29.1 Å². The van der Waals surface area contributed by atoms with Gasteiger partial charge < -0.3 is 24.2 Å². The summed E-state index contributed by atoms with van der Waals surface area (Å²) in [5, 5.41) is 11.7. The van der Waals surface area contributed by atoms with Gasteiger partial charge in [0.05, 0.1) is 30.4 Å². The first-order valence-corrected chi connectivity index (χ1v) is 12.8. The summed E-state index contributed by atoms with van der Waals surface area (Å²) in [5.41, 5.74) is 1.94. The molecule has 198 valence electrons. The molecule has 8 heteroatoms. The molecule has 1 unspecified atom stereocenters. The zero-order valence-electron chi connectivity index (χ0n) is 21.6. The molecule has 1 aliphatic rings. The first-order chi connectivity index (χ1) is 18.4. The van der Waals surface area contributed by atoms with E-state index < -0.39 is 17.7 Å². The molecule has 0 bridgehead atoms. The molecule has 1 fully saturated rings. The number of ether oxygens (including phenoxy) is 3. The number of hydrogen-bond acceptors (Lipinski definition) is 6. The fourth-order valence-corrected chi connectivity index (χ4v) is 4.65. The zero-order chi connectivity index (χ0) is 27.2. The van der Waals surface area contributed by atoms with Crippen molar-refractivity contribution in [2.24, 2.45) is 0 Å². The Morgan fingerprint density at radius 3 is 2.39 bits per heavy atom. The molecule has 7 nitrogen and oxygen atoms in total. The minimum atomic E-state index is -0.807.